The van der Waals surface area contributed by atoms with Gasteiger partial charge in [0.15, 0.2) is 0 Å². The highest BCUT2D eigenvalue weighted by molar-refractivity contribution is 5.90. The van der Waals surface area contributed by atoms with Gasteiger partial charge in [0.05, 0.1) is 37.9 Å². The van der Waals surface area contributed by atoms with Crippen molar-refractivity contribution in [3.63, 3.8) is 0 Å². The lowest BCUT2D eigenvalue weighted by Crippen LogP contribution is -2.35. The quantitative estimate of drug-likeness (QED) is 0.392. The number of aromatic nitrogens is 2. The predicted octanol–water partition coefficient (Wildman–Crippen LogP) is 2.25. The number of amides is 1. The molecule has 0 saturated heterocycles. The summed E-state index contributed by atoms with van der Waals surface area (Å²) in [4.78, 5) is 13.6. The highest BCUT2D eigenvalue weighted by Gasteiger charge is 2.20. The number of rotatable bonds is 9. The number of hydrogen-bond donors (Lipinski definition) is 4. The summed E-state index contributed by atoms with van der Waals surface area (Å²) in [7, 11) is 8.11. The van der Waals surface area contributed by atoms with Crippen LogP contribution in [-0.2, 0) is 18.9 Å². The van der Waals surface area contributed by atoms with Crippen molar-refractivity contribution in [2.45, 2.75) is 20.8 Å². The zero-order valence-corrected chi connectivity index (χ0v) is 18.1. The zero-order valence-electron chi connectivity index (χ0n) is 18.1. The minimum atomic E-state index is -0.0967. The van der Waals surface area contributed by atoms with Crippen LogP contribution in [0.3, 0.4) is 0 Å². The van der Waals surface area contributed by atoms with Gasteiger partial charge in [-0.25, -0.2) is 14.6 Å². The topological polar surface area (TPSA) is 77.2 Å². The number of hydrazine groups is 1. The van der Waals surface area contributed by atoms with E-state index < -0.39 is 0 Å². The second-order valence-corrected chi connectivity index (χ2v) is 8.29. The molecular formula is C20H34N7O+. The molecule has 0 aliphatic rings. The largest absolute Gasteiger partial charge is 0.383 e. The molecule has 0 aliphatic carbocycles. The Morgan fingerprint density at radius 1 is 1.21 bits per heavy atom. The number of hydrogen-bond acceptors (Lipinski definition) is 5. The van der Waals surface area contributed by atoms with Crippen molar-refractivity contribution >= 4 is 28.9 Å². The van der Waals surface area contributed by atoms with E-state index in [-0.39, 0.29) is 11.3 Å². The Hall–Kier alpha value is -2.74. The van der Waals surface area contributed by atoms with E-state index in [9.17, 15) is 4.79 Å². The maximum atomic E-state index is 11.4. The van der Waals surface area contributed by atoms with Crippen LogP contribution in [0.25, 0.3) is 0 Å². The number of carbonyl (C=O) groups is 1. The van der Waals surface area contributed by atoms with E-state index in [0.717, 1.165) is 36.1 Å². The Kier molecular flexibility index (Phi) is 6.90. The molecule has 0 radical (unpaired) electrons. The van der Waals surface area contributed by atoms with Crippen molar-refractivity contribution in [3.05, 3.63) is 30.6 Å². The van der Waals surface area contributed by atoms with Crippen LogP contribution in [0.5, 0.6) is 0 Å². The van der Waals surface area contributed by atoms with Crippen LogP contribution in [0.1, 0.15) is 20.8 Å². The summed E-state index contributed by atoms with van der Waals surface area (Å²) in [5, 5.41) is 6.38. The first kappa shape index (κ1) is 21.6. The van der Waals surface area contributed by atoms with Crippen molar-refractivity contribution in [1.29, 1.82) is 0 Å². The average molecular weight is 389 g/mol. The Labute approximate surface area is 167 Å². The van der Waals surface area contributed by atoms with E-state index in [4.69, 9.17) is 0 Å². The summed E-state index contributed by atoms with van der Waals surface area (Å²) in [5.74, 6) is 0.810. The van der Waals surface area contributed by atoms with Gasteiger partial charge in [0, 0.05) is 25.7 Å². The van der Waals surface area contributed by atoms with Gasteiger partial charge in [0.25, 0.3) is 0 Å². The SMILES string of the molecule is CC(=O)Nc1ccc(NCC(C)(C)CN(C)C)c(NNc2n(C)cc[n+]2C)c1. The molecule has 1 aromatic heterocycles. The molecule has 1 amide bonds. The molecule has 0 bridgehead atoms. The molecule has 0 saturated carbocycles. The standard InChI is InChI=1S/C20H33N7O/c1-15(28)22-16-8-9-17(21-13-20(2,3)14-25(4)5)18(12-16)23-24-19-26(6)10-11-27(19)7/h8-12,21,23H,13-14H2,1-7H3,(H,22,28)/p+1. The van der Waals surface area contributed by atoms with E-state index in [0.29, 0.717) is 0 Å². The Bertz CT molecular complexity index is 791. The minimum Gasteiger partial charge on any atom is -0.383 e. The summed E-state index contributed by atoms with van der Waals surface area (Å²) in [6.07, 6.45) is 3.95. The molecule has 1 heterocycles. The maximum Gasteiger partial charge on any atom is 0.378 e. The number of aryl methyl sites for hydroxylation is 2. The molecule has 1 aromatic carbocycles. The van der Waals surface area contributed by atoms with Gasteiger partial charge in [-0.1, -0.05) is 13.8 Å². The molecule has 0 fully saturated rings. The Morgan fingerprint density at radius 3 is 2.50 bits per heavy atom. The molecule has 8 heteroatoms. The fourth-order valence-corrected chi connectivity index (χ4v) is 3.22. The van der Waals surface area contributed by atoms with Crippen LogP contribution in [0.4, 0.5) is 23.0 Å². The van der Waals surface area contributed by atoms with Crippen molar-refractivity contribution in [1.82, 2.24) is 9.47 Å². The van der Waals surface area contributed by atoms with Crippen LogP contribution in [0.2, 0.25) is 0 Å². The first-order valence-electron chi connectivity index (χ1n) is 9.40. The van der Waals surface area contributed by atoms with E-state index >= 15 is 0 Å². The number of imidazole rings is 1. The highest BCUT2D eigenvalue weighted by atomic mass is 16.1. The summed E-state index contributed by atoms with van der Waals surface area (Å²) >= 11 is 0. The van der Waals surface area contributed by atoms with Gasteiger partial charge in [0.2, 0.25) is 5.91 Å². The third-order valence-corrected chi connectivity index (χ3v) is 4.33. The van der Waals surface area contributed by atoms with Gasteiger partial charge in [-0.3, -0.25) is 4.79 Å². The van der Waals surface area contributed by atoms with E-state index in [1.165, 1.54) is 6.92 Å². The van der Waals surface area contributed by atoms with Crippen LogP contribution in [0.15, 0.2) is 30.6 Å². The Balaban J connectivity index is 2.19. The zero-order chi connectivity index (χ0) is 20.9. The Morgan fingerprint density at radius 2 is 1.93 bits per heavy atom. The summed E-state index contributed by atoms with van der Waals surface area (Å²) in [5.41, 5.74) is 9.18. The highest BCUT2D eigenvalue weighted by Crippen LogP contribution is 2.27. The number of nitrogens with zero attached hydrogens (tertiary/aromatic N) is 3. The van der Waals surface area contributed by atoms with E-state index in [2.05, 4.69) is 54.3 Å². The smallest absolute Gasteiger partial charge is 0.378 e. The van der Waals surface area contributed by atoms with Crippen LogP contribution in [0, 0.1) is 5.41 Å². The summed E-state index contributed by atoms with van der Waals surface area (Å²) < 4.78 is 3.97. The second kappa shape index (κ2) is 8.97. The van der Waals surface area contributed by atoms with Crippen molar-refractivity contribution < 1.29 is 9.36 Å². The third kappa shape index (κ3) is 6.16. The van der Waals surface area contributed by atoms with Crippen molar-refractivity contribution in [3.8, 4) is 0 Å². The number of nitrogens with one attached hydrogen (secondary N) is 4. The predicted molar refractivity (Wildman–Crippen MR) is 115 cm³/mol. The lowest BCUT2D eigenvalue weighted by atomic mass is 9.93. The molecule has 154 valence electrons. The van der Waals surface area contributed by atoms with Crippen LogP contribution >= 0.6 is 0 Å². The van der Waals surface area contributed by atoms with Crippen molar-refractivity contribution in [2.24, 2.45) is 19.5 Å². The molecule has 0 aliphatic heterocycles. The lowest BCUT2D eigenvalue weighted by Gasteiger charge is -2.29. The van der Waals surface area contributed by atoms with Gasteiger partial charge in [0.1, 0.15) is 0 Å². The molecule has 4 N–H and O–H groups in total. The monoisotopic (exact) mass is 388 g/mol. The number of carbonyl (C=O) groups excluding carboxylic acids is 1. The van der Waals surface area contributed by atoms with E-state index in [1.54, 1.807) is 0 Å². The molecule has 2 rings (SSSR count). The number of anilines is 4. The normalized spacial score (nSPS) is 11.4. The van der Waals surface area contributed by atoms with E-state index in [1.807, 2.05) is 53.8 Å². The molecule has 0 unspecified atom stereocenters. The molecule has 28 heavy (non-hydrogen) atoms. The fraction of sp³-hybridized carbons (Fsp3) is 0.500. The third-order valence-electron chi connectivity index (χ3n) is 4.33. The molecule has 0 atom stereocenters. The first-order valence-corrected chi connectivity index (χ1v) is 9.40. The molecule has 0 spiro atoms. The lowest BCUT2D eigenvalue weighted by molar-refractivity contribution is -0.656. The van der Waals surface area contributed by atoms with Crippen LogP contribution in [-0.4, -0.2) is 42.6 Å². The molecule has 2 aromatic rings. The first-order chi connectivity index (χ1) is 13.1. The maximum absolute atomic E-state index is 11.4. The average Bonchev–Trinajstić information content (AvgIpc) is 2.88. The van der Waals surface area contributed by atoms with Gasteiger partial charge >= 0.3 is 5.95 Å². The van der Waals surface area contributed by atoms with Gasteiger partial charge in [-0.15, -0.1) is 0 Å². The van der Waals surface area contributed by atoms with Crippen molar-refractivity contribution in [2.75, 3.05) is 48.7 Å². The van der Waals surface area contributed by atoms with Gasteiger partial charge in [-0.2, -0.15) is 5.43 Å². The van der Waals surface area contributed by atoms with Gasteiger partial charge < -0.3 is 15.5 Å². The summed E-state index contributed by atoms with van der Waals surface area (Å²) in [6, 6.07) is 5.79. The molecular weight excluding hydrogens is 354 g/mol. The fourth-order valence-electron chi connectivity index (χ4n) is 3.22. The van der Waals surface area contributed by atoms with Gasteiger partial charge in [-0.05, 0) is 37.7 Å². The minimum absolute atomic E-state index is 0.0967. The second-order valence-electron chi connectivity index (χ2n) is 8.29. The number of benzene rings is 1. The summed E-state index contributed by atoms with van der Waals surface area (Å²) in [6.45, 7) is 7.77. The molecule has 8 nitrogen and oxygen atoms in total. The van der Waals surface area contributed by atoms with Crippen LogP contribution < -0.4 is 26.1 Å².